The Kier molecular flexibility index (Phi) is 4.20. The molecule has 1 aliphatic heterocycles. The van der Waals surface area contributed by atoms with Crippen LogP contribution in [0, 0.1) is 0 Å². The molecule has 1 aromatic carbocycles. The molecule has 98 valence electrons. The number of benzene rings is 1. The number of nitrogens with zero attached hydrogens (tertiary/aromatic N) is 1. The lowest BCUT2D eigenvalue weighted by molar-refractivity contribution is -0.131. The Morgan fingerprint density at radius 1 is 1.44 bits per heavy atom. The second-order valence-corrected chi connectivity index (χ2v) is 4.64. The Balaban J connectivity index is 1.97. The Bertz CT molecular complexity index is 403. The molecule has 0 aliphatic carbocycles. The van der Waals surface area contributed by atoms with Gasteiger partial charge in [-0.05, 0) is 30.5 Å². The zero-order chi connectivity index (χ0) is 13.0. The highest BCUT2D eigenvalue weighted by Crippen LogP contribution is 2.18. The van der Waals surface area contributed by atoms with Crippen molar-refractivity contribution >= 4 is 5.91 Å². The summed E-state index contributed by atoms with van der Waals surface area (Å²) in [5.74, 6) is 0.986. The van der Waals surface area contributed by atoms with Crippen molar-refractivity contribution in [3.63, 3.8) is 0 Å². The fourth-order valence-electron chi connectivity index (χ4n) is 2.43. The van der Waals surface area contributed by atoms with E-state index in [0.717, 1.165) is 30.7 Å². The molecule has 0 radical (unpaired) electrons. The maximum Gasteiger partial charge on any atom is 0.227 e. The fourth-order valence-corrected chi connectivity index (χ4v) is 2.43. The third kappa shape index (κ3) is 2.82. The lowest BCUT2D eigenvalue weighted by atomic mass is 10.1. The van der Waals surface area contributed by atoms with E-state index in [1.54, 1.807) is 7.11 Å². The molecule has 0 bridgehead atoms. The molecule has 4 heteroatoms. The Labute approximate surface area is 108 Å². The SMILES string of the molecule is COc1ccc(CC(=O)N2CCC[C@H]2CN)cc1. The molecule has 1 saturated heterocycles. The average Bonchev–Trinajstić information content (AvgIpc) is 2.88. The van der Waals surface area contributed by atoms with E-state index >= 15 is 0 Å². The summed E-state index contributed by atoms with van der Waals surface area (Å²) in [6.07, 6.45) is 2.54. The van der Waals surface area contributed by atoms with Crippen LogP contribution in [0.5, 0.6) is 5.75 Å². The summed E-state index contributed by atoms with van der Waals surface area (Å²) in [6.45, 7) is 1.41. The summed E-state index contributed by atoms with van der Waals surface area (Å²) >= 11 is 0. The summed E-state index contributed by atoms with van der Waals surface area (Å²) in [7, 11) is 1.64. The predicted molar refractivity (Wildman–Crippen MR) is 70.5 cm³/mol. The van der Waals surface area contributed by atoms with Crippen molar-refractivity contribution in [1.29, 1.82) is 0 Å². The molecule has 1 fully saturated rings. The molecule has 18 heavy (non-hydrogen) atoms. The molecule has 0 saturated carbocycles. The minimum atomic E-state index is 0.174. The van der Waals surface area contributed by atoms with Gasteiger partial charge in [0.25, 0.3) is 0 Å². The highest BCUT2D eigenvalue weighted by atomic mass is 16.5. The monoisotopic (exact) mass is 248 g/mol. The van der Waals surface area contributed by atoms with Crippen LogP contribution in [0.3, 0.4) is 0 Å². The van der Waals surface area contributed by atoms with E-state index in [1.807, 2.05) is 29.2 Å². The molecule has 0 aromatic heterocycles. The van der Waals surface area contributed by atoms with Crippen LogP contribution in [0.1, 0.15) is 18.4 Å². The summed E-state index contributed by atoms with van der Waals surface area (Å²) in [6, 6.07) is 7.87. The van der Waals surface area contributed by atoms with Gasteiger partial charge in [-0.15, -0.1) is 0 Å². The number of carbonyl (C=O) groups is 1. The van der Waals surface area contributed by atoms with Gasteiger partial charge in [-0.25, -0.2) is 0 Å². The molecule has 2 rings (SSSR count). The van der Waals surface area contributed by atoms with Gasteiger partial charge in [-0.1, -0.05) is 12.1 Å². The van der Waals surface area contributed by atoms with Crippen LogP contribution in [0.2, 0.25) is 0 Å². The van der Waals surface area contributed by atoms with E-state index in [-0.39, 0.29) is 11.9 Å². The van der Waals surface area contributed by atoms with Gasteiger partial charge in [0.15, 0.2) is 0 Å². The summed E-state index contributed by atoms with van der Waals surface area (Å²) in [5.41, 5.74) is 6.70. The molecule has 1 atom stereocenters. The second-order valence-electron chi connectivity index (χ2n) is 4.64. The Hall–Kier alpha value is -1.55. The molecular formula is C14H20N2O2. The molecular weight excluding hydrogens is 228 g/mol. The van der Waals surface area contributed by atoms with Gasteiger partial charge in [0.1, 0.15) is 5.75 Å². The highest BCUT2D eigenvalue weighted by molar-refractivity contribution is 5.79. The first-order chi connectivity index (χ1) is 8.74. The maximum atomic E-state index is 12.2. The van der Waals surface area contributed by atoms with Gasteiger partial charge >= 0.3 is 0 Å². The lowest BCUT2D eigenvalue weighted by Gasteiger charge is -2.23. The number of amides is 1. The highest BCUT2D eigenvalue weighted by Gasteiger charge is 2.27. The van der Waals surface area contributed by atoms with Crippen LogP contribution in [-0.4, -0.2) is 37.0 Å². The second kappa shape index (κ2) is 5.87. The number of methoxy groups -OCH3 is 1. The largest absolute Gasteiger partial charge is 0.497 e. The molecule has 1 amide bonds. The van der Waals surface area contributed by atoms with Crippen LogP contribution in [0.15, 0.2) is 24.3 Å². The number of likely N-dealkylation sites (tertiary alicyclic amines) is 1. The smallest absolute Gasteiger partial charge is 0.227 e. The van der Waals surface area contributed by atoms with Crippen LogP contribution in [-0.2, 0) is 11.2 Å². The van der Waals surface area contributed by atoms with Crippen LogP contribution in [0.25, 0.3) is 0 Å². The van der Waals surface area contributed by atoms with Gasteiger partial charge in [0.2, 0.25) is 5.91 Å². The molecule has 1 aromatic rings. The Morgan fingerprint density at radius 2 is 2.17 bits per heavy atom. The summed E-state index contributed by atoms with van der Waals surface area (Å²) < 4.78 is 5.10. The van der Waals surface area contributed by atoms with E-state index in [2.05, 4.69) is 0 Å². The van der Waals surface area contributed by atoms with Gasteiger partial charge in [-0.3, -0.25) is 4.79 Å². The van der Waals surface area contributed by atoms with Crippen molar-refractivity contribution < 1.29 is 9.53 Å². The normalized spacial score (nSPS) is 19.0. The van der Waals surface area contributed by atoms with E-state index in [4.69, 9.17) is 10.5 Å². The minimum Gasteiger partial charge on any atom is -0.497 e. The molecule has 1 heterocycles. The van der Waals surface area contributed by atoms with Gasteiger partial charge in [0.05, 0.1) is 13.5 Å². The number of hydrogen-bond acceptors (Lipinski definition) is 3. The summed E-state index contributed by atoms with van der Waals surface area (Å²) in [5, 5.41) is 0. The molecule has 4 nitrogen and oxygen atoms in total. The van der Waals surface area contributed by atoms with Crippen molar-refractivity contribution in [3.8, 4) is 5.75 Å². The average molecular weight is 248 g/mol. The van der Waals surface area contributed by atoms with Crippen molar-refractivity contribution in [2.75, 3.05) is 20.2 Å². The number of nitrogens with two attached hydrogens (primary N) is 1. The zero-order valence-corrected chi connectivity index (χ0v) is 10.8. The van der Waals surface area contributed by atoms with E-state index in [9.17, 15) is 4.79 Å². The predicted octanol–water partition coefficient (Wildman–Crippen LogP) is 1.19. The van der Waals surface area contributed by atoms with E-state index < -0.39 is 0 Å². The first-order valence-corrected chi connectivity index (χ1v) is 6.37. The third-order valence-corrected chi connectivity index (χ3v) is 3.48. The van der Waals surface area contributed by atoms with Crippen LogP contribution >= 0.6 is 0 Å². The molecule has 0 spiro atoms. The van der Waals surface area contributed by atoms with Crippen LogP contribution in [0.4, 0.5) is 0 Å². The zero-order valence-electron chi connectivity index (χ0n) is 10.8. The van der Waals surface area contributed by atoms with Crippen LogP contribution < -0.4 is 10.5 Å². The topological polar surface area (TPSA) is 55.6 Å². The first-order valence-electron chi connectivity index (χ1n) is 6.37. The van der Waals surface area contributed by atoms with Crippen molar-refractivity contribution in [3.05, 3.63) is 29.8 Å². The number of ether oxygens (including phenoxy) is 1. The fraction of sp³-hybridized carbons (Fsp3) is 0.500. The van der Waals surface area contributed by atoms with Gasteiger partial charge < -0.3 is 15.4 Å². The van der Waals surface area contributed by atoms with Gasteiger partial charge in [0, 0.05) is 19.1 Å². The minimum absolute atomic E-state index is 0.174. The number of rotatable bonds is 4. The maximum absolute atomic E-state index is 12.2. The van der Waals surface area contributed by atoms with Gasteiger partial charge in [-0.2, -0.15) is 0 Å². The Morgan fingerprint density at radius 3 is 2.78 bits per heavy atom. The first kappa shape index (κ1) is 12.9. The van der Waals surface area contributed by atoms with Crippen molar-refractivity contribution in [2.45, 2.75) is 25.3 Å². The molecule has 2 N–H and O–H groups in total. The van der Waals surface area contributed by atoms with Crippen molar-refractivity contribution in [2.24, 2.45) is 5.73 Å². The standard InChI is InChI=1S/C14H20N2O2/c1-18-13-6-4-11(5-7-13)9-14(17)16-8-2-3-12(16)10-15/h4-7,12H,2-3,8-10,15H2,1H3/t12-/m0/s1. The number of hydrogen-bond donors (Lipinski definition) is 1. The third-order valence-electron chi connectivity index (χ3n) is 3.48. The molecule has 0 unspecified atom stereocenters. The van der Waals surface area contributed by atoms with Crippen molar-refractivity contribution in [1.82, 2.24) is 4.90 Å². The van der Waals surface area contributed by atoms with E-state index in [0.29, 0.717) is 13.0 Å². The molecule has 1 aliphatic rings. The number of carbonyl (C=O) groups excluding carboxylic acids is 1. The van der Waals surface area contributed by atoms with E-state index in [1.165, 1.54) is 0 Å². The summed E-state index contributed by atoms with van der Waals surface area (Å²) in [4.78, 5) is 14.1. The quantitative estimate of drug-likeness (QED) is 0.870. The lowest BCUT2D eigenvalue weighted by Crippen LogP contribution is -2.40.